The molecule has 12 heteroatoms. The Morgan fingerprint density at radius 1 is 0.872 bits per heavy atom. The van der Waals surface area contributed by atoms with E-state index in [0.29, 0.717) is 19.3 Å². The summed E-state index contributed by atoms with van der Waals surface area (Å²) in [6.45, 7) is 7.87. The fourth-order valence-electron chi connectivity index (χ4n) is 3.35. The van der Waals surface area contributed by atoms with Gasteiger partial charge < -0.3 is 33.5 Å². The Balaban J connectivity index is 3.28. The number of rotatable bonds is 17. The second kappa shape index (κ2) is 17.9. The Hall–Kier alpha value is -3.54. The van der Waals surface area contributed by atoms with E-state index in [1.54, 1.807) is 6.92 Å². The van der Waals surface area contributed by atoms with E-state index in [-0.39, 0.29) is 42.7 Å². The number of benzene rings is 1. The van der Waals surface area contributed by atoms with Crippen molar-refractivity contribution in [2.75, 3.05) is 20.3 Å². The first-order valence-corrected chi connectivity index (χ1v) is 13.2. The average molecular weight is 556 g/mol. The van der Waals surface area contributed by atoms with Gasteiger partial charge in [-0.15, -0.1) is 0 Å². The number of aliphatic carboxylic acids is 1. The van der Waals surface area contributed by atoms with E-state index < -0.39 is 30.2 Å². The summed E-state index contributed by atoms with van der Waals surface area (Å²) in [5, 5.41) is 12.9. The van der Waals surface area contributed by atoms with E-state index in [9.17, 15) is 24.3 Å². The van der Waals surface area contributed by atoms with Crippen molar-refractivity contribution in [3.8, 4) is 11.5 Å². The largest absolute Gasteiger partial charge is 0.513 e. The van der Waals surface area contributed by atoms with E-state index in [2.05, 4.69) is 10.1 Å². The number of carbonyl (C=O) groups is 4. The Morgan fingerprint density at radius 2 is 1.44 bits per heavy atom. The van der Waals surface area contributed by atoms with Gasteiger partial charge in [-0.25, -0.2) is 19.2 Å². The topological polar surface area (TPSA) is 156 Å². The van der Waals surface area contributed by atoms with Crippen LogP contribution in [0.3, 0.4) is 0 Å². The summed E-state index contributed by atoms with van der Waals surface area (Å²) in [5.74, 6) is -1.82. The van der Waals surface area contributed by atoms with Gasteiger partial charge in [0.2, 0.25) is 0 Å². The van der Waals surface area contributed by atoms with Crippen molar-refractivity contribution in [1.82, 2.24) is 5.32 Å². The van der Waals surface area contributed by atoms with Gasteiger partial charge in [-0.1, -0.05) is 52.5 Å². The van der Waals surface area contributed by atoms with E-state index in [0.717, 1.165) is 32.8 Å². The highest BCUT2D eigenvalue weighted by Gasteiger charge is 2.44. The van der Waals surface area contributed by atoms with Crippen molar-refractivity contribution in [3.05, 3.63) is 23.8 Å². The number of hydrogen-bond donors (Lipinski definition) is 2. The summed E-state index contributed by atoms with van der Waals surface area (Å²) >= 11 is 0. The summed E-state index contributed by atoms with van der Waals surface area (Å²) in [6.07, 6.45) is 1.85. The Bertz CT molecular complexity index is 936. The molecule has 0 aliphatic carbocycles. The molecule has 0 aliphatic heterocycles. The van der Waals surface area contributed by atoms with Crippen LogP contribution in [0.15, 0.2) is 18.2 Å². The quantitative estimate of drug-likeness (QED) is 0.0808. The van der Waals surface area contributed by atoms with Crippen LogP contribution in [0.2, 0.25) is 0 Å². The molecule has 0 heterocycles. The molecule has 39 heavy (non-hydrogen) atoms. The van der Waals surface area contributed by atoms with E-state index in [1.165, 1.54) is 18.2 Å². The number of carboxylic acids is 1. The first-order chi connectivity index (χ1) is 18.6. The normalized spacial score (nSPS) is 12.9. The Kier molecular flexibility index (Phi) is 15.3. The summed E-state index contributed by atoms with van der Waals surface area (Å²) in [4.78, 5) is 48.8. The molecule has 0 spiro atoms. The SMILES string of the molecule is CCCCCOC(=O)Oc1ccc(C[C@](NC(C)CC)(OC(=O)OC)C(=O)O)cc1OC(=O)OCCCCC. The molecule has 0 saturated carbocycles. The first-order valence-electron chi connectivity index (χ1n) is 13.2. The summed E-state index contributed by atoms with van der Waals surface area (Å²) in [7, 11) is 1.06. The minimum Gasteiger partial charge on any atom is -0.477 e. The zero-order valence-corrected chi connectivity index (χ0v) is 23.4. The molecular weight excluding hydrogens is 514 g/mol. The zero-order valence-electron chi connectivity index (χ0n) is 23.4. The number of ether oxygens (including phenoxy) is 6. The second-order valence-corrected chi connectivity index (χ2v) is 8.92. The van der Waals surface area contributed by atoms with Crippen LogP contribution in [0.1, 0.15) is 78.2 Å². The van der Waals surface area contributed by atoms with Crippen LogP contribution in [0.5, 0.6) is 11.5 Å². The van der Waals surface area contributed by atoms with E-state index in [1.807, 2.05) is 20.8 Å². The highest BCUT2D eigenvalue weighted by atomic mass is 16.8. The van der Waals surface area contributed by atoms with Crippen molar-refractivity contribution in [1.29, 1.82) is 0 Å². The van der Waals surface area contributed by atoms with Crippen LogP contribution in [0.4, 0.5) is 14.4 Å². The minimum absolute atomic E-state index is 0.135. The molecule has 1 aromatic rings. The molecule has 1 aromatic carbocycles. The van der Waals surface area contributed by atoms with Crippen molar-refractivity contribution in [2.45, 2.75) is 90.8 Å². The molecule has 12 nitrogen and oxygen atoms in total. The smallest absolute Gasteiger partial charge is 0.477 e. The maximum Gasteiger partial charge on any atom is 0.513 e. The fourth-order valence-corrected chi connectivity index (χ4v) is 3.35. The zero-order chi connectivity index (χ0) is 29.3. The number of hydrogen-bond acceptors (Lipinski definition) is 11. The lowest BCUT2D eigenvalue weighted by atomic mass is 10.00. The predicted octanol–water partition coefficient (Wildman–Crippen LogP) is 5.59. The van der Waals surface area contributed by atoms with Crippen molar-refractivity contribution >= 4 is 24.4 Å². The summed E-state index contributed by atoms with van der Waals surface area (Å²) in [5.41, 5.74) is -1.93. The molecule has 0 bridgehead atoms. The van der Waals surface area contributed by atoms with Gasteiger partial charge in [0.15, 0.2) is 11.5 Å². The van der Waals surface area contributed by atoms with Crippen molar-refractivity contribution in [2.24, 2.45) is 0 Å². The lowest BCUT2D eigenvalue weighted by Gasteiger charge is -2.32. The van der Waals surface area contributed by atoms with Crippen LogP contribution in [0.25, 0.3) is 0 Å². The third-order valence-corrected chi connectivity index (χ3v) is 5.65. The fraction of sp³-hybridized carbons (Fsp3) is 0.630. The van der Waals surface area contributed by atoms with Crippen LogP contribution < -0.4 is 14.8 Å². The molecule has 0 radical (unpaired) electrons. The van der Waals surface area contributed by atoms with E-state index >= 15 is 0 Å². The molecule has 1 unspecified atom stereocenters. The predicted molar refractivity (Wildman–Crippen MR) is 140 cm³/mol. The monoisotopic (exact) mass is 555 g/mol. The standard InChI is InChI=1S/C27H41NO11/c1-6-9-11-15-35-25(32)37-21-14-13-20(17-22(21)38-26(33)36-16-12-10-7-2)18-27(23(29)30,28-19(4)8-3)39-24(31)34-5/h13-14,17,19,28H,6-12,15-16,18H2,1-5H3,(H,29,30)/t19?,27-/m0/s1. The van der Waals surface area contributed by atoms with Gasteiger partial charge in [0.1, 0.15) is 0 Å². The van der Waals surface area contributed by atoms with Crippen LogP contribution in [-0.2, 0) is 30.2 Å². The third-order valence-electron chi connectivity index (χ3n) is 5.65. The number of nitrogens with one attached hydrogen (secondary N) is 1. The molecule has 0 saturated heterocycles. The maximum atomic E-state index is 12.3. The second-order valence-electron chi connectivity index (χ2n) is 8.92. The summed E-state index contributed by atoms with van der Waals surface area (Å²) < 4.78 is 30.4. The number of carboxylic acid groups (broad SMARTS) is 1. The van der Waals surface area contributed by atoms with Gasteiger partial charge in [0.25, 0.3) is 5.72 Å². The average Bonchev–Trinajstić information content (AvgIpc) is 2.90. The van der Waals surface area contributed by atoms with Gasteiger partial charge in [-0.2, -0.15) is 0 Å². The van der Waals surface area contributed by atoms with Gasteiger partial charge in [0, 0.05) is 12.5 Å². The molecule has 2 N–H and O–H groups in total. The molecule has 0 aliphatic rings. The number of methoxy groups -OCH3 is 1. The molecule has 220 valence electrons. The lowest BCUT2D eigenvalue weighted by Crippen LogP contribution is -2.59. The van der Waals surface area contributed by atoms with Gasteiger partial charge in [-0.05, 0) is 43.9 Å². The minimum atomic E-state index is -2.21. The molecule has 2 atom stereocenters. The lowest BCUT2D eigenvalue weighted by molar-refractivity contribution is -0.166. The Labute approximate surface area is 229 Å². The highest BCUT2D eigenvalue weighted by molar-refractivity contribution is 5.80. The van der Waals surface area contributed by atoms with Crippen LogP contribution in [-0.4, -0.2) is 61.6 Å². The molecule has 0 fully saturated rings. The first kappa shape index (κ1) is 33.5. The summed E-state index contributed by atoms with van der Waals surface area (Å²) in [6, 6.07) is 3.69. The van der Waals surface area contributed by atoms with Gasteiger partial charge >= 0.3 is 24.4 Å². The molecular formula is C27H41NO11. The van der Waals surface area contributed by atoms with E-state index in [4.69, 9.17) is 23.7 Å². The molecule has 0 aromatic heterocycles. The maximum absolute atomic E-state index is 12.3. The van der Waals surface area contributed by atoms with Crippen LogP contribution in [0, 0.1) is 0 Å². The van der Waals surface area contributed by atoms with Gasteiger partial charge in [0.05, 0.1) is 20.3 Å². The van der Waals surface area contributed by atoms with Gasteiger partial charge in [-0.3, -0.25) is 5.32 Å². The van der Waals surface area contributed by atoms with Crippen molar-refractivity contribution < 1.29 is 52.7 Å². The van der Waals surface area contributed by atoms with Crippen LogP contribution >= 0.6 is 0 Å². The highest BCUT2D eigenvalue weighted by Crippen LogP contribution is 2.31. The molecule has 0 amide bonds. The molecule has 1 rings (SSSR count). The number of unbranched alkanes of at least 4 members (excludes halogenated alkanes) is 4. The number of carbonyl (C=O) groups excluding carboxylic acids is 3. The third kappa shape index (κ3) is 12.2. The Morgan fingerprint density at radius 3 is 1.92 bits per heavy atom. The van der Waals surface area contributed by atoms with Crippen molar-refractivity contribution in [3.63, 3.8) is 0 Å².